The largest absolute Gasteiger partial charge is 0.377 e. The lowest BCUT2D eigenvalue weighted by atomic mass is 10.1. The van der Waals surface area contributed by atoms with E-state index in [-0.39, 0.29) is 11.9 Å². The molecule has 2 aliphatic rings. The van der Waals surface area contributed by atoms with Crippen LogP contribution in [0.15, 0.2) is 18.6 Å². The predicted molar refractivity (Wildman–Crippen MR) is 105 cm³/mol. The SMILES string of the molecule is COCc1nnc2n1[C@@H](C)CN(C(=O)c1cnc3c(c1)ncn3C1CCCC1)C2. The summed E-state index contributed by atoms with van der Waals surface area (Å²) in [6.45, 7) is 3.50. The van der Waals surface area contributed by atoms with E-state index in [0.29, 0.717) is 31.3 Å². The van der Waals surface area contributed by atoms with Gasteiger partial charge >= 0.3 is 0 Å². The van der Waals surface area contributed by atoms with E-state index in [1.807, 2.05) is 17.3 Å². The smallest absolute Gasteiger partial charge is 0.255 e. The Morgan fingerprint density at radius 2 is 2.07 bits per heavy atom. The van der Waals surface area contributed by atoms with Crippen LogP contribution in [0.2, 0.25) is 0 Å². The van der Waals surface area contributed by atoms with Gasteiger partial charge in [-0.25, -0.2) is 9.97 Å². The Morgan fingerprint density at radius 1 is 1.24 bits per heavy atom. The summed E-state index contributed by atoms with van der Waals surface area (Å²) < 4.78 is 9.44. The highest BCUT2D eigenvalue weighted by Gasteiger charge is 2.30. The number of ether oxygens (including phenoxy) is 1. The molecular formula is C20H25N7O2. The Bertz CT molecular complexity index is 1050. The molecular weight excluding hydrogens is 370 g/mol. The van der Waals surface area contributed by atoms with Gasteiger partial charge in [-0.05, 0) is 25.8 Å². The van der Waals surface area contributed by atoms with Gasteiger partial charge in [0.25, 0.3) is 5.91 Å². The van der Waals surface area contributed by atoms with Crippen LogP contribution in [0, 0.1) is 0 Å². The Kier molecular flexibility index (Phi) is 4.54. The maximum Gasteiger partial charge on any atom is 0.255 e. The Morgan fingerprint density at radius 3 is 2.86 bits per heavy atom. The summed E-state index contributed by atoms with van der Waals surface area (Å²) in [6.07, 6.45) is 8.40. The van der Waals surface area contributed by atoms with Crippen LogP contribution in [0.4, 0.5) is 0 Å². The zero-order valence-corrected chi connectivity index (χ0v) is 16.8. The number of methoxy groups -OCH3 is 1. The van der Waals surface area contributed by atoms with Crippen LogP contribution in [-0.2, 0) is 17.9 Å². The van der Waals surface area contributed by atoms with E-state index < -0.39 is 0 Å². The van der Waals surface area contributed by atoms with Crippen molar-refractivity contribution in [2.75, 3.05) is 13.7 Å². The third kappa shape index (κ3) is 3.09. The lowest BCUT2D eigenvalue weighted by Crippen LogP contribution is -2.40. The number of fused-ring (bicyclic) bond motifs is 2. The summed E-state index contributed by atoms with van der Waals surface area (Å²) >= 11 is 0. The third-order valence-electron chi connectivity index (χ3n) is 6.03. The molecule has 29 heavy (non-hydrogen) atoms. The summed E-state index contributed by atoms with van der Waals surface area (Å²) in [5, 5.41) is 8.47. The van der Waals surface area contributed by atoms with Crippen LogP contribution in [0.25, 0.3) is 11.2 Å². The molecule has 1 aliphatic heterocycles. The molecule has 0 radical (unpaired) electrons. The summed E-state index contributed by atoms with van der Waals surface area (Å²) in [5.41, 5.74) is 2.20. The third-order valence-corrected chi connectivity index (χ3v) is 6.03. The van der Waals surface area contributed by atoms with Gasteiger partial charge in [-0.2, -0.15) is 0 Å². The van der Waals surface area contributed by atoms with E-state index in [9.17, 15) is 4.79 Å². The van der Waals surface area contributed by atoms with Crippen LogP contribution < -0.4 is 0 Å². The molecule has 152 valence electrons. The van der Waals surface area contributed by atoms with Crippen molar-refractivity contribution in [2.45, 2.75) is 57.8 Å². The Balaban J connectivity index is 1.39. The van der Waals surface area contributed by atoms with E-state index in [1.54, 1.807) is 13.3 Å². The fourth-order valence-electron chi connectivity index (χ4n) is 4.66. The number of hydrogen-bond acceptors (Lipinski definition) is 6. The number of pyridine rings is 1. The Hall–Kier alpha value is -2.81. The lowest BCUT2D eigenvalue weighted by molar-refractivity contribution is 0.0674. The first-order valence-corrected chi connectivity index (χ1v) is 10.2. The van der Waals surface area contributed by atoms with Crippen molar-refractivity contribution < 1.29 is 9.53 Å². The van der Waals surface area contributed by atoms with Crippen molar-refractivity contribution in [3.8, 4) is 0 Å². The van der Waals surface area contributed by atoms with E-state index >= 15 is 0 Å². The van der Waals surface area contributed by atoms with Gasteiger partial charge in [-0.3, -0.25) is 4.79 Å². The minimum atomic E-state index is -0.0517. The van der Waals surface area contributed by atoms with E-state index in [0.717, 1.165) is 22.8 Å². The first-order valence-electron chi connectivity index (χ1n) is 10.2. The average molecular weight is 395 g/mol. The normalized spacial score (nSPS) is 19.8. The van der Waals surface area contributed by atoms with E-state index in [4.69, 9.17) is 4.74 Å². The number of aromatic nitrogens is 6. The predicted octanol–water partition coefficient (Wildman–Crippen LogP) is 2.50. The highest BCUT2D eigenvalue weighted by Crippen LogP contribution is 2.31. The van der Waals surface area contributed by atoms with Crippen LogP contribution in [-0.4, -0.2) is 53.8 Å². The number of imidazole rings is 1. The second kappa shape index (κ2) is 7.22. The van der Waals surface area contributed by atoms with Gasteiger partial charge in [0.1, 0.15) is 12.1 Å². The van der Waals surface area contributed by atoms with Crippen molar-refractivity contribution in [3.63, 3.8) is 0 Å². The zero-order chi connectivity index (χ0) is 20.0. The minimum absolute atomic E-state index is 0.0517. The zero-order valence-electron chi connectivity index (χ0n) is 16.8. The van der Waals surface area contributed by atoms with Gasteiger partial charge in [0.2, 0.25) is 0 Å². The van der Waals surface area contributed by atoms with Gasteiger partial charge in [0.15, 0.2) is 17.3 Å². The molecule has 3 aromatic heterocycles. The summed E-state index contributed by atoms with van der Waals surface area (Å²) in [7, 11) is 1.64. The maximum absolute atomic E-state index is 13.2. The molecule has 0 unspecified atom stereocenters. The van der Waals surface area contributed by atoms with Crippen molar-refractivity contribution in [3.05, 3.63) is 35.8 Å². The standard InChI is InChI=1S/C20H25N7O2/c1-13-9-25(10-17-23-24-18(11-29-2)27(13)17)20(28)14-7-16-19(21-8-14)26(12-22-16)15-5-3-4-6-15/h7-8,12-13,15H,3-6,9-11H2,1-2H3/t13-/m0/s1. The number of amides is 1. The number of hydrogen-bond donors (Lipinski definition) is 0. The van der Waals surface area contributed by atoms with Crippen molar-refractivity contribution in [1.82, 2.24) is 34.2 Å². The molecule has 4 heterocycles. The number of carbonyl (C=O) groups excluding carboxylic acids is 1. The summed E-state index contributed by atoms with van der Waals surface area (Å²) in [5.74, 6) is 1.52. The molecule has 1 amide bonds. The molecule has 0 spiro atoms. The minimum Gasteiger partial charge on any atom is -0.377 e. The molecule has 1 fully saturated rings. The van der Waals surface area contributed by atoms with Crippen LogP contribution in [0.5, 0.6) is 0 Å². The molecule has 1 atom stereocenters. The van der Waals surface area contributed by atoms with Crippen molar-refractivity contribution >= 4 is 17.1 Å². The first kappa shape index (κ1) is 18.2. The molecule has 0 N–H and O–H groups in total. The first-order chi connectivity index (χ1) is 14.2. The molecule has 1 saturated carbocycles. The Labute approximate surface area is 168 Å². The molecule has 3 aromatic rings. The van der Waals surface area contributed by atoms with Gasteiger partial charge in [0, 0.05) is 25.9 Å². The topological polar surface area (TPSA) is 91.0 Å². The van der Waals surface area contributed by atoms with E-state index in [1.165, 1.54) is 25.7 Å². The maximum atomic E-state index is 13.2. The second-order valence-corrected chi connectivity index (χ2v) is 8.03. The van der Waals surface area contributed by atoms with Crippen molar-refractivity contribution in [1.29, 1.82) is 0 Å². The molecule has 1 aliphatic carbocycles. The van der Waals surface area contributed by atoms with Crippen LogP contribution in [0.3, 0.4) is 0 Å². The van der Waals surface area contributed by atoms with Gasteiger partial charge in [0.05, 0.1) is 24.5 Å². The van der Waals surface area contributed by atoms with Crippen LogP contribution in [0.1, 0.15) is 66.7 Å². The van der Waals surface area contributed by atoms with Gasteiger partial charge < -0.3 is 18.8 Å². The monoisotopic (exact) mass is 395 g/mol. The van der Waals surface area contributed by atoms with Crippen LogP contribution >= 0.6 is 0 Å². The molecule has 0 saturated heterocycles. The average Bonchev–Trinajstić information content (AvgIpc) is 3.46. The fourth-order valence-corrected chi connectivity index (χ4v) is 4.66. The van der Waals surface area contributed by atoms with E-state index in [2.05, 4.69) is 36.2 Å². The molecule has 9 nitrogen and oxygen atoms in total. The second-order valence-electron chi connectivity index (χ2n) is 8.03. The lowest BCUT2D eigenvalue weighted by Gasteiger charge is -2.32. The summed E-state index contributed by atoms with van der Waals surface area (Å²) in [6, 6.07) is 2.42. The quantitative estimate of drug-likeness (QED) is 0.674. The molecule has 5 rings (SSSR count). The van der Waals surface area contributed by atoms with Gasteiger partial charge in [-0.15, -0.1) is 10.2 Å². The summed E-state index contributed by atoms with van der Waals surface area (Å²) in [4.78, 5) is 24.1. The number of rotatable bonds is 4. The van der Waals surface area contributed by atoms with Crippen molar-refractivity contribution in [2.24, 2.45) is 0 Å². The molecule has 0 bridgehead atoms. The highest BCUT2D eigenvalue weighted by molar-refractivity contribution is 5.96. The molecule has 9 heteroatoms. The number of nitrogens with zero attached hydrogens (tertiary/aromatic N) is 7. The fraction of sp³-hybridized carbons (Fsp3) is 0.550. The highest BCUT2D eigenvalue weighted by atomic mass is 16.5. The van der Waals surface area contributed by atoms with Gasteiger partial charge in [-0.1, -0.05) is 12.8 Å². The number of carbonyl (C=O) groups is 1. The molecule has 0 aromatic carbocycles.